The zero-order chi connectivity index (χ0) is 24.0. The molecule has 1 spiro atoms. The summed E-state index contributed by atoms with van der Waals surface area (Å²) in [5.74, 6) is 1.69. The number of nitriles is 1. The Morgan fingerprint density at radius 2 is 1.88 bits per heavy atom. The fourth-order valence-corrected chi connectivity index (χ4v) is 6.20. The van der Waals surface area contributed by atoms with E-state index in [9.17, 15) is 14.9 Å². The number of hydrogen-bond donors (Lipinski definition) is 1. The van der Waals surface area contributed by atoms with Crippen molar-refractivity contribution in [1.29, 1.82) is 5.26 Å². The van der Waals surface area contributed by atoms with Crippen LogP contribution in [0, 0.1) is 25.2 Å². The summed E-state index contributed by atoms with van der Waals surface area (Å²) in [6.07, 6.45) is 5.29. The third kappa shape index (κ3) is 3.56. The van der Waals surface area contributed by atoms with Crippen LogP contribution in [0.3, 0.4) is 0 Å². The van der Waals surface area contributed by atoms with Gasteiger partial charge >= 0.3 is 0 Å². The van der Waals surface area contributed by atoms with Crippen molar-refractivity contribution in [2.45, 2.75) is 70.8 Å². The highest BCUT2D eigenvalue weighted by atomic mass is 16.6. The number of nitrogens with one attached hydrogen (secondary N) is 1. The number of aromatic nitrogens is 1. The molecule has 178 valence electrons. The number of pyridine rings is 1. The lowest BCUT2D eigenvalue weighted by molar-refractivity contribution is -0.135. The highest BCUT2D eigenvalue weighted by Crippen LogP contribution is 2.52. The predicted octanol–water partition coefficient (Wildman–Crippen LogP) is 3.98. The molecule has 1 saturated carbocycles. The molecule has 2 aromatic rings. The number of aryl methyl sites for hydroxylation is 1. The van der Waals surface area contributed by atoms with Crippen LogP contribution >= 0.6 is 0 Å². The van der Waals surface area contributed by atoms with Crippen LogP contribution in [-0.2, 0) is 16.6 Å². The number of carbonyl (C=O) groups is 1. The van der Waals surface area contributed by atoms with Crippen molar-refractivity contribution in [2.75, 3.05) is 19.8 Å². The molecule has 3 heterocycles. The minimum atomic E-state index is -0.369. The Bertz CT molecular complexity index is 1250. The van der Waals surface area contributed by atoms with Gasteiger partial charge in [-0.2, -0.15) is 5.26 Å². The summed E-state index contributed by atoms with van der Waals surface area (Å²) in [5.41, 5.74) is 4.48. The van der Waals surface area contributed by atoms with E-state index in [1.165, 1.54) is 5.56 Å². The van der Waals surface area contributed by atoms with Crippen molar-refractivity contribution in [1.82, 2.24) is 9.88 Å². The fraction of sp³-hybridized carbons (Fsp3) is 0.519. The normalized spacial score (nSPS) is 20.2. The minimum absolute atomic E-state index is 0.0366. The summed E-state index contributed by atoms with van der Waals surface area (Å²) in [7, 11) is 0. The Balaban J connectivity index is 1.45. The lowest BCUT2D eigenvalue weighted by Gasteiger charge is -2.46. The second kappa shape index (κ2) is 8.50. The number of hydrogen-bond acceptors (Lipinski definition) is 5. The fourth-order valence-electron chi connectivity index (χ4n) is 6.20. The van der Waals surface area contributed by atoms with Crippen LogP contribution < -0.4 is 15.0 Å². The van der Waals surface area contributed by atoms with Gasteiger partial charge in [-0.25, -0.2) is 0 Å². The number of nitrogens with zero attached hydrogens (tertiary/aromatic N) is 2. The smallest absolute Gasteiger partial charge is 0.266 e. The van der Waals surface area contributed by atoms with Crippen LogP contribution in [0.2, 0.25) is 0 Å². The van der Waals surface area contributed by atoms with Crippen molar-refractivity contribution >= 4 is 5.91 Å². The van der Waals surface area contributed by atoms with Gasteiger partial charge in [0.1, 0.15) is 24.8 Å². The lowest BCUT2D eigenvalue weighted by atomic mass is 9.71. The Morgan fingerprint density at radius 1 is 1.21 bits per heavy atom. The maximum Gasteiger partial charge on any atom is 0.266 e. The number of ether oxygens (including phenoxy) is 2. The van der Waals surface area contributed by atoms with Gasteiger partial charge in [0.2, 0.25) is 5.91 Å². The van der Waals surface area contributed by atoms with E-state index in [0.717, 1.165) is 54.0 Å². The average molecular weight is 462 g/mol. The second-order valence-electron chi connectivity index (χ2n) is 9.94. The first-order valence-electron chi connectivity index (χ1n) is 12.2. The van der Waals surface area contributed by atoms with Gasteiger partial charge in [0.15, 0.2) is 11.5 Å². The van der Waals surface area contributed by atoms with Gasteiger partial charge in [-0.3, -0.25) is 9.59 Å². The molecule has 2 aliphatic heterocycles. The van der Waals surface area contributed by atoms with Crippen LogP contribution in [0.5, 0.6) is 11.5 Å². The first-order valence-corrected chi connectivity index (χ1v) is 12.2. The van der Waals surface area contributed by atoms with Gasteiger partial charge in [-0.1, -0.05) is 12.8 Å². The van der Waals surface area contributed by atoms with Crippen LogP contribution in [-0.4, -0.2) is 35.5 Å². The standard InChI is InChI=1S/C27H31N3O4/c1-16-19(17(2)29-26(32)21(16)14-28)6-7-25(31)30-15-27(8-4-5-9-27)22-13-24-23(33-10-11-34-24)12-20(22)18(30)3/h12-13,18H,4-11,15H2,1-3H3,(H,29,32). The first kappa shape index (κ1) is 22.5. The van der Waals surface area contributed by atoms with Gasteiger partial charge in [0.05, 0.1) is 6.04 Å². The molecule has 7 nitrogen and oxygen atoms in total. The molecule has 1 atom stereocenters. The van der Waals surface area contributed by atoms with Crippen molar-refractivity contribution in [3.63, 3.8) is 0 Å². The van der Waals surface area contributed by atoms with E-state index in [2.05, 4.69) is 24.0 Å². The van der Waals surface area contributed by atoms with Gasteiger partial charge in [-0.15, -0.1) is 0 Å². The molecule has 1 unspecified atom stereocenters. The largest absolute Gasteiger partial charge is 0.486 e. The van der Waals surface area contributed by atoms with E-state index in [0.29, 0.717) is 38.2 Å². The Morgan fingerprint density at radius 3 is 2.56 bits per heavy atom. The molecular weight excluding hydrogens is 430 g/mol. The minimum Gasteiger partial charge on any atom is -0.486 e. The van der Waals surface area contributed by atoms with Crippen molar-refractivity contribution < 1.29 is 14.3 Å². The molecule has 1 aromatic carbocycles. The summed E-state index contributed by atoms with van der Waals surface area (Å²) in [5, 5.41) is 9.36. The highest BCUT2D eigenvalue weighted by molar-refractivity contribution is 5.78. The van der Waals surface area contributed by atoms with Gasteiger partial charge in [0, 0.05) is 24.1 Å². The second-order valence-corrected chi connectivity index (χ2v) is 9.94. The number of H-pyrrole nitrogens is 1. The van der Waals surface area contributed by atoms with Crippen molar-refractivity contribution in [3.8, 4) is 17.6 Å². The molecule has 3 aliphatic rings. The number of fused-ring (bicyclic) bond motifs is 3. The molecule has 0 radical (unpaired) electrons. The van der Waals surface area contributed by atoms with E-state index in [4.69, 9.17) is 9.47 Å². The molecule has 34 heavy (non-hydrogen) atoms. The van der Waals surface area contributed by atoms with Gasteiger partial charge in [-0.05, 0) is 74.4 Å². The molecule has 0 saturated heterocycles. The summed E-state index contributed by atoms with van der Waals surface area (Å²) in [6, 6.07) is 6.20. The van der Waals surface area contributed by atoms with E-state index in [1.54, 1.807) is 6.92 Å². The van der Waals surface area contributed by atoms with Crippen LogP contribution in [0.4, 0.5) is 0 Å². The number of aromatic amines is 1. The lowest BCUT2D eigenvalue weighted by Crippen LogP contribution is -2.48. The topological polar surface area (TPSA) is 95.4 Å². The summed E-state index contributed by atoms with van der Waals surface area (Å²) in [4.78, 5) is 30.5. The van der Waals surface area contributed by atoms with E-state index < -0.39 is 0 Å². The van der Waals surface area contributed by atoms with Crippen LogP contribution in [0.1, 0.15) is 78.6 Å². The molecule has 0 bridgehead atoms. The van der Waals surface area contributed by atoms with E-state index >= 15 is 0 Å². The molecule has 1 aliphatic carbocycles. The molecular formula is C27H31N3O4. The van der Waals surface area contributed by atoms with Gasteiger partial charge < -0.3 is 19.4 Å². The SMILES string of the molecule is Cc1[nH]c(=O)c(C#N)c(C)c1CCC(=O)N1CC2(CCCC2)c2cc3c(cc2C1C)OCCO3. The molecule has 1 amide bonds. The molecule has 1 aromatic heterocycles. The molecule has 7 heteroatoms. The van der Waals surface area contributed by atoms with Crippen LogP contribution in [0.25, 0.3) is 0 Å². The average Bonchev–Trinajstić information content (AvgIpc) is 3.29. The zero-order valence-electron chi connectivity index (χ0n) is 20.1. The molecule has 1 fully saturated rings. The van der Waals surface area contributed by atoms with E-state index in [-0.39, 0.29) is 28.5 Å². The summed E-state index contributed by atoms with van der Waals surface area (Å²) >= 11 is 0. The maximum absolute atomic E-state index is 13.6. The van der Waals surface area contributed by atoms with Gasteiger partial charge in [0.25, 0.3) is 5.56 Å². The molecule has 1 N–H and O–H groups in total. The summed E-state index contributed by atoms with van der Waals surface area (Å²) in [6.45, 7) is 7.53. The van der Waals surface area contributed by atoms with E-state index in [1.807, 2.05) is 17.9 Å². The first-order chi connectivity index (χ1) is 16.3. The predicted molar refractivity (Wildman–Crippen MR) is 127 cm³/mol. The molecule has 5 rings (SSSR count). The van der Waals surface area contributed by atoms with Crippen LogP contribution in [0.15, 0.2) is 16.9 Å². The third-order valence-electron chi connectivity index (χ3n) is 8.07. The Kier molecular flexibility index (Phi) is 5.63. The van der Waals surface area contributed by atoms with Crippen molar-refractivity contribution in [3.05, 3.63) is 56.0 Å². The number of benzene rings is 1. The maximum atomic E-state index is 13.6. The summed E-state index contributed by atoms with van der Waals surface area (Å²) < 4.78 is 11.7. The monoisotopic (exact) mass is 461 g/mol. The number of rotatable bonds is 3. The highest BCUT2D eigenvalue weighted by Gasteiger charge is 2.46. The quantitative estimate of drug-likeness (QED) is 0.746. The van der Waals surface area contributed by atoms with Crippen molar-refractivity contribution in [2.24, 2.45) is 0 Å². The third-order valence-corrected chi connectivity index (χ3v) is 8.07. The number of carbonyl (C=O) groups excluding carboxylic acids is 1. The number of amides is 1. The Labute approximate surface area is 199 Å². The zero-order valence-corrected chi connectivity index (χ0v) is 20.1. The Hall–Kier alpha value is -3.27.